The van der Waals surface area contributed by atoms with Gasteiger partial charge >= 0.3 is 0 Å². The number of nitrogens with zero attached hydrogens (tertiary/aromatic N) is 4. The lowest BCUT2D eigenvalue weighted by Crippen LogP contribution is -2.23. The highest BCUT2D eigenvalue weighted by atomic mass is 16.5. The van der Waals surface area contributed by atoms with Gasteiger partial charge in [0.1, 0.15) is 0 Å². The van der Waals surface area contributed by atoms with E-state index in [2.05, 4.69) is 21.1 Å². The second kappa shape index (κ2) is 3.76. The lowest BCUT2D eigenvalue weighted by Gasteiger charge is -2.16. The smallest absolute Gasteiger partial charge is 0.244 e. The summed E-state index contributed by atoms with van der Waals surface area (Å²) in [5, 5.41) is 12.4. The molecule has 0 spiro atoms. The van der Waals surface area contributed by atoms with Crippen molar-refractivity contribution in [3.05, 3.63) is 11.7 Å². The van der Waals surface area contributed by atoms with E-state index in [0.717, 1.165) is 19.4 Å². The Morgan fingerprint density at radius 3 is 3.21 bits per heavy atom. The molecule has 2 heterocycles. The predicted molar refractivity (Wildman–Crippen MR) is 48.2 cm³/mol. The average Bonchev–Trinajstić information content (AvgIpc) is 2.74. The summed E-state index contributed by atoms with van der Waals surface area (Å²) in [5.41, 5.74) is 0. The fraction of sp³-hybridized carbons (Fsp3) is 0.667. The molecule has 0 aliphatic carbocycles. The molecule has 1 aromatic rings. The van der Waals surface area contributed by atoms with E-state index in [9.17, 15) is 0 Å². The molecular formula is C9H12N4O. The first-order valence-electron chi connectivity index (χ1n) is 4.72. The zero-order chi connectivity index (χ0) is 9.97. The maximum atomic E-state index is 8.64. The van der Waals surface area contributed by atoms with Crippen LogP contribution in [0.1, 0.15) is 30.6 Å². The summed E-state index contributed by atoms with van der Waals surface area (Å²) in [7, 11) is 0. The molecule has 1 atom stereocenters. The topological polar surface area (TPSA) is 66.0 Å². The largest absolute Gasteiger partial charge is 0.338 e. The van der Waals surface area contributed by atoms with E-state index in [1.54, 1.807) is 6.92 Å². The predicted octanol–water partition coefficient (Wildman–Crippen LogP) is 1.04. The third kappa shape index (κ3) is 1.61. The summed E-state index contributed by atoms with van der Waals surface area (Å²) < 4.78 is 5.11. The van der Waals surface area contributed by atoms with Crippen molar-refractivity contribution in [2.24, 2.45) is 0 Å². The number of aromatic nitrogens is 2. The van der Waals surface area contributed by atoms with Gasteiger partial charge in [0.25, 0.3) is 0 Å². The van der Waals surface area contributed by atoms with Gasteiger partial charge in [-0.1, -0.05) is 5.16 Å². The Morgan fingerprint density at radius 1 is 1.71 bits per heavy atom. The lowest BCUT2D eigenvalue weighted by atomic mass is 10.2. The van der Waals surface area contributed by atoms with Gasteiger partial charge in [-0.15, -0.1) is 0 Å². The Morgan fingerprint density at radius 2 is 2.57 bits per heavy atom. The van der Waals surface area contributed by atoms with Crippen molar-refractivity contribution in [2.75, 3.05) is 13.1 Å². The first-order chi connectivity index (χ1) is 6.81. The minimum Gasteiger partial charge on any atom is -0.338 e. The first-order valence-corrected chi connectivity index (χ1v) is 4.72. The minimum atomic E-state index is 0.149. The Hall–Kier alpha value is -1.41. The van der Waals surface area contributed by atoms with Crippen LogP contribution < -0.4 is 0 Å². The van der Waals surface area contributed by atoms with E-state index >= 15 is 0 Å². The van der Waals surface area contributed by atoms with Crippen molar-refractivity contribution >= 4 is 0 Å². The van der Waals surface area contributed by atoms with E-state index in [0.29, 0.717) is 18.3 Å². The second-order valence-corrected chi connectivity index (χ2v) is 3.47. The molecule has 1 fully saturated rings. The molecule has 0 aromatic carbocycles. The third-order valence-corrected chi connectivity index (χ3v) is 2.47. The minimum absolute atomic E-state index is 0.149. The van der Waals surface area contributed by atoms with Gasteiger partial charge in [-0.25, -0.2) is 0 Å². The maximum absolute atomic E-state index is 8.64. The van der Waals surface area contributed by atoms with E-state index in [-0.39, 0.29) is 6.04 Å². The Labute approximate surface area is 82.3 Å². The SMILES string of the molecule is Cc1noc(C2CCCN2CC#N)n1. The number of hydrogen-bond donors (Lipinski definition) is 0. The highest BCUT2D eigenvalue weighted by Gasteiger charge is 2.29. The summed E-state index contributed by atoms with van der Waals surface area (Å²) in [4.78, 5) is 6.27. The molecule has 0 N–H and O–H groups in total. The van der Waals surface area contributed by atoms with E-state index < -0.39 is 0 Å². The molecule has 1 aliphatic heterocycles. The van der Waals surface area contributed by atoms with Crippen molar-refractivity contribution < 1.29 is 4.52 Å². The van der Waals surface area contributed by atoms with Gasteiger partial charge in [-0.3, -0.25) is 4.90 Å². The fourth-order valence-electron chi connectivity index (χ4n) is 1.83. The van der Waals surface area contributed by atoms with Crippen molar-refractivity contribution in [1.29, 1.82) is 5.26 Å². The number of aryl methyl sites for hydroxylation is 1. The van der Waals surface area contributed by atoms with Gasteiger partial charge in [0, 0.05) is 6.54 Å². The number of hydrogen-bond acceptors (Lipinski definition) is 5. The van der Waals surface area contributed by atoms with Crippen molar-refractivity contribution in [2.45, 2.75) is 25.8 Å². The van der Waals surface area contributed by atoms with Crippen LogP contribution in [0.15, 0.2) is 4.52 Å². The molecular weight excluding hydrogens is 180 g/mol. The second-order valence-electron chi connectivity index (χ2n) is 3.47. The van der Waals surface area contributed by atoms with E-state index in [4.69, 9.17) is 9.78 Å². The van der Waals surface area contributed by atoms with Crippen molar-refractivity contribution in [3.63, 3.8) is 0 Å². The third-order valence-electron chi connectivity index (χ3n) is 2.47. The van der Waals surface area contributed by atoms with Crippen LogP contribution in [-0.2, 0) is 0 Å². The van der Waals surface area contributed by atoms with Gasteiger partial charge in [0.15, 0.2) is 5.82 Å². The monoisotopic (exact) mass is 192 g/mol. The number of likely N-dealkylation sites (tertiary alicyclic amines) is 1. The number of rotatable bonds is 2. The van der Waals surface area contributed by atoms with Crippen LogP contribution in [0.5, 0.6) is 0 Å². The molecule has 0 amide bonds. The van der Waals surface area contributed by atoms with Crippen LogP contribution in [0.4, 0.5) is 0 Å². The molecule has 2 rings (SSSR count). The Bertz CT molecular complexity index is 354. The summed E-state index contributed by atoms with van der Waals surface area (Å²) in [6, 6.07) is 2.30. The fourth-order valence-corrected chi connectivity index (χ4v) is 1.83. The Balaban J connectivity index is 2.14. The molecule has 1 aliphatic rings. The summed E-state index contributed by atoms with van der Waals surface area (Å²) >= 11 is 0. The van der Waals surface area contributed by atoms with Crippen LogP contribution in [0, 0.1) is 18.3 Å². The summed E-state index contributed by atoms with van der Waals surface area (Å²) in [6.45, 7) is 3.18. The van der Waals surface area contributed by atoms with E-state index in [1.165, 1.54) is 0 Å². The molecule has 5 heteroatoms. The van der Waals surface area contributed by atoms with Gasteiger partial charge < -0.3 is 4.52 Å². The first kappa shape index (κ1) is 9.16. The molecule has 1 saturated heterocycles. The quantitative estimate of drug-likeness (QED) is 0.655. The van der Waals surface area contributed by atoms with Crippen LogP contribution in [0.25, 0.3) is 0 Å². The Kier molecular flexibility index (Phi) is 2.46. The highest BCUT2D eigenvalue weighted by molar-refractivity contribution is 4.97. The van der Waals surface area contributed by atoms with Crippen molar-refractivity contribution in [1.82, 2.24) is 15.0 Å². The summed E-state index contributed by atoms with van der Waals surface area (Å²) in [5.74, 6) is 1.30. The highest BCUT2D eigenvalue weighted by Crippen LogP contribution is 2.29. The van der Waals surface area contributed by atoms with Crippen LogP contribution in [0.2, 0.25) is 0 Å². The van der Waals surface area contributed by atoms with Gasteiger partial charge in [0.05, 0.1) is 18.7 Å². The van der Waals surface area contributed by atoms with Gasteiger partial charge in [0.2, 0.25) is 5.89 Å². The van der Waals surface area contributed by atoms with Crippen LogP contribution in [0.3, 0.4) is 0 Å². The maximum Gasteiger partial charge on any atom is 0.244 e. The molecule has 1 aromatic heterocycles. The molecule has 0 radical (unpaired) electrons. The van der Waals surface area contributed by atoms with Gasteiger partial charge in [-0.05, 0) is 19.8 Å². The lowest BCUT2D eigenvalue weighted by molar-refractivity contribution is 0.227. The molecule has 14 heavy (non-hydrogen) atoms. The average molecular weight is 192 g/mol. The van der Waals surface area contributed by atoms with Crippen LogP contribution in [-0.4, -0.2) is 28.1 Å². The standard InChI is InChI=1S/C9H12N4O/c1-7-11-9(14-12-7)8-3-2-5-13(8)6-4-10/h8H,2-3,5-6H2,1H3. The summed E-state index contributed by atoms with van der Waals surface area (Å²) in [6.07, 6.45) is 2.09. The number of nitriles is 1. The zero-order valence-electron chi connectivity index (χ0n) is 8.10. The molecule has 5 nitrogen and oxygen atoms in total. The van der Waals surface area contributed by atoms with Crippen LogP contribution >= 0.6 is 0 Å². The van der Waals surface area contributed by atoms with Crippen molar-refractivity contribution in [3.8, 4) is 6.07 Å². The molecule has 74 valence electrons. The molecule has 0 bridgehead atoms. The zero-order valence-corrected chi connectivity index (χ0v) is 8.10. The van der Waals surface area contributed by atoms with E-state index in [1.807, 2.05) is 0 Å². The normalized spacial score (nSPS) is 22.4. The molecule has 0 saturated carbocycles. The molecule has 1 unspecified atom stereocenters. The van der Waals surface area contributed by atoms with Gasteiger partial charge in [-0.2, -0.15) is 10.2 Å².